The minimum atomic E-state index is -0.418. The second-order valence-electron chi connectivity index (χ2n) is 7.20. The molecule has 1 saturated heterocycles. The highest BCUT2D eigenvalue weighted by Crippen LogP contribution is 2.32. The predicted molar refractivity (Wildman–Crippen MR) is 112 cm³/mol. The molecule has 1 atom stereocenters. The van der Waals surface area contributed by atoms with E-state index in [0.717, 1.165) is 17.0 Å². The summed E-state index contributed by atoms with van der Waals surface area (Å²) < 4.78 is 16.1. The van der Waals surface area contributed by atoms with Gasteiger partial charge < -0.3 is 18.8 Å². The van der Waals surface area contributed by atoms with Gasteiger partial charge in [-0.2, -0.15) is 0 Å². The molecule has 31 heavy (non-hydrogen) atoms. The van der Waals surface area contributed by atoms with E-state index in [2.05, 4.69) is 15.5 Å². The summed E-state index contributed by atoms with van der Waals surface area (Å²) in [5, 5.41) is 10.4. The van der Waals surface area contributed by atoms with Crippen LogP contribution in [0.15, 0.2) is 52.9 Å². The molecule has 2 aromatic carbocycles. The Hall–Kier alpha value is -3.88. The van der Waals surface area contributed by atoms with Gasteiger partial charge >= 0.3 is 6.01 Å². The summed E-state index contributed by atoms with van der Waals surface area (Å²) in [4.78, 5) is 26.2. The summed E-state index contributed by atoms with van der Waals surface area (Å²) >= 11 is 0. The molecule has 0 radical (unpaired) electrons. The Kier molecular flexibility index (Phi) is 5.83. The van der Waals surface area contributed by atoms with Crippen LogP contribution in [-0.4, -0.2) is 42.3 Å². The van der Waals surface area contributed by atoms with Crippen molar-refractivity contribution < 1.29 is 23.5 Å². The van der Waals surface area contributed by atoms with Gasteiger partial charge in [0.15, 0.2) is 6.61 Å². The maximum atomic E-state index is 12.5. The monoisotopic (exact) mass is 422 g/mol. The SMILES string of the molecule is COc1ccc(N2C[C@H](c3nnc(NC(=O)COc4ccc(C)cc4)o3)CC2=O)cc1. The molecule has 9 heteroatoms. The van der Waals surface area contributed by atoms with Gasteiger partial charge in [-0.1, -0.05) is 22.8 Å². The number of aryl methyl sites for hydroxylation is 1. The lowest BCUT2D eigenvalue weighted by molar-refractivity contribution is -0.118. The molecule has 160 valence electrons. The molecular formula is C22H22N4O5. The van der Waals surface area contributed by atoms with Crippen LogP contribution in [0.5, 0.6) is 11.5 Å². The number of carbonyl (C=O) groups excluding carboxylic acids is 2. The van der Waals surface area contributed by atoms with Gasteiger partial charge in [0.25, 0.3) is 5.91 Å². The number of ether oxygens (including phenoxy) is 2. The summed E-state index contributed by atoms with van der Waals surface area (Å²) in [6.45, 7) is 2.20. The first-order valence-electron chi connectivity index (χ1n) is 9.79. The molecule has 1 aliphatic heterocycles. The number of hydrogen-bond donors (Lipinski definition) is 1. The molecule has 3 aromatic rings. The first-order chi connectivity index (χ1) is 15.0. The van der Waals surface area contributed by atoms with Crippen LogP contribution in [0.4, 0.5) is 11.7 Å². The van der Waals surface area contributed by atoms with Crippen LogP contribution in [0.3, 0.4) is 0 Å². The van der Waals surface area contributed by atoms with Gasteiger partial charge in [0, 0.05) is 18.7 Å². The Morgan fingerprint density at radius 3 is 2.55 bits per heavy atom. The van der Waals surface area contributed by atoms with Gasteiger partial charge in [0.05, 0.1) is 13.0 Å². The zero-order valence-corrected chi connectivity index (χ0v) is 17.2. The van der Waals surface area contributed by atoms with E-state index >= 15 is 0 Å². The number of rotatable bonds is 7. The van der Waals surface area contributed by atoms with Crippen molar-refractivity contribution in [3.8, 4) is 11.5 Å². The smallest absolute Gasteiger partial charge is 0.322 e. The van der Waals surface area contributed by atoms with E-state index in [-0.39, 0.29) is 30.9 Å². The summed E-state index contributed by atoms with van der Waals surface area (Å²) in [6, 6.07) is 14.6. The lowest BCUT2D eigenvalue weighted by atomic mass is 10.1. The molecule has 9 nitrogen and oxygen atoms in total. The molecule has 1 N–H and O–H groups in total. The van der Waals surface area contributed by atoms with Gasteiger partial charge in [0.2, 0.25) is 11.8 Å². The molecule has 2 amide bonds. The standard InChI is InChI=1S/C22H22N4O5/c1-14-3-7-18(8-4-14)30-13-19(27)23-22-25-24-21(31-22)15-11-20(28)26(12-15)16-5-9-17(29-2)10-6-16/h3-10,15H,11-13H2,1-2H3,(H,23,25,27)/t15-/m1/s1. The number of benzene rings is 2. The molecule has 0 saturated carbocycles. The minimum Gasteiger partial charge on any atom is -0.497 e. The van der Waals surface area contributed by atoms with Crippen molar-refractivity contribution in [1.29, 1.82) is 0 Å². The van der Waals surface area contributed by atoms with E-state index in [1.807, 2.05) is 31.2 Å². The molecular weight excluding hydrogens is 400 g/mol. The van der Waals surface area contributed by atoms with Crippen molar-refractivity contribution >= 4 is 23.5 Å². The summed E-state index contributed by atoms with van der Waals surface area (Å²) in [6.07, 6.45) is 0.248. The van der Waals surface area contributed by atoms with Crippen molar-refractivity contribution in [2.24, 2.45) is 0 Å². The highest BCUT2D eigenvalue weighted by Gasteiger charge is 2.35. The Labute approximate surface area is 179 Å². The van der Waals surface area contributed by atoms with E-state index in [1.54, 1.807) is 36.3 Å². The molecule has 1 aliphatic rings. The Balaban J connectivity index is 1.33. The predicted octanol–water partition coefficient (Wildman–Crippen LogP) is 2.92. The first-order valence-corrected chi connectivity index (χ1v) is 9.79. The molecule has 0 bridgehead atoms. The summed E-state index contributed by atoms with van der Waals surface area (Å²) in [5.41, 5.74) is 1.88. The summed E-state index contributed by atoms with van der Waals surface area (Å²) in [7, 11) is 1.59. The number of anilines is 2. The second kappa shape index (κ2) is 8.86. The van der Waals surface area contributed by atoms with Crippen molar-refractivity contribution in [3.05, 3.63) is 60.0 Å². The lowest BCUT2D eigenvalue weighted by Gasteiger charge is -2.16. The highest BCUT2D eigenvalue weighted by atomic mass is 16.5. The van der Waals surface area contributed by atoms with Gasteiger partial charge in [-0.3, -0.25) is 14.9 Å². The molecule has 0 spiro atoms. The number of methoxy groups -OCH3 is 1. The van der Waals surface area contributed by atoms with Crippen LogP contribution in [0.1, 0.15) is 23.8 Å². The second-order valence-corrected chi connectivity index (χ2v) is 7.20. The van der Waals surface area contributed by atoms with Crippen LogP contribution < -0.4 is 19.7 Å². The highest BCUT2D eigenvalue weighted by molar-refractivity contribution is 5.96. The zero-order valence-electron chi connectivity index (χ0n) is 17.2. The van der Waals surface area contributed by atoms with Gasteiger partial charge in [-0.25, -0.2) is 0 Å². The quantitative estimate of drug-likeness (QED) is 0.624. The van der Waals surface area contributed by atoms with E-state index in [9.17, 15) is 9.59 Å². The molecule has 0 aliphatic carbocycles. The minimum absolute atomic E-state index is 0.0251. The van der Waals surface area contributed by atoms with E-state index in [0.29, 0.717) is 18.2 Å². The van der Waals surface area contributed by atoms with Crippen molar-refractivity contribution in [2.45, 2.75) is 19.3 Å². The number of nitrogens with zero attached hydrogens (tertiary/aromatic N) is 3. The van der Waals surface area contributed by atoms with E-state index in [4.69, 9.17) is 13.9 Å². The topological polar surface area (TPSA) is 107 Å². The molecule has 2 heterocycles. The number of nitrogens with one attached hydrogen (secondary N) is 1. The van der Waals surface area contributed by atoms with Crippen molar-refractivity contribution in [1.82, 2.24) is 10.2 Å². The van der Waals surface area contributed by atoms with Crippen molar-refractivity contribution in [2.75, 3.05) is 30.5 Å². The summed E-state index contributed by atoms with van der Waals surface area (Å²) in [5.74, 6) is 0.907. The maximum absolute atomic E-state index is 12.5. The van der Waals surface area contributed by atoms with Crippen LogP contribution in [0.25, 0.3) is 0 Å². The van der Waals surface area contributed by atoms with E-state index < -0.39 is 5.91 Å². The average molecular weight is 422 g/mol. The largest absolute Gasteiger partial charge is 0.497 e. The van der Waals surface area contributed by atoms with Gasteiger partial charge in [-0.15, -0.1) is 5.10 Å². The fraction of sp³-hybridized carbons (Fsp3) is 0.273. The van der Waals surface area contributed by atoms with E-state index in [1.165, 1.54) is 0 Å². The third kappa shape index (κ3) is 4.82. The van der Waals surface area contributed by atoms with Crippen LogP contribution >= 0.6 is 0 Å². The van der Waals surface area contributed by atoms with Crippen LogP contribution in [0, 0.1) is 6.92 Å². The average Bonchev–Trinajstić information content (AvgIpc) is 3.40. The number of aromatic nitrogens is 2. The fourth-order valence-electron chi connectivity index (χ4n) is 3.27. The molecule has 0 unspecified atom stereocenters. The van der Waals surface area contributed by atoms with Crippen LogP contribution in [-0.2, 0) is 9.59 Å². The van der Waals surface area contributed by atoms with Gasteiger partial charge in [-0.05, 0) is 43.3 Å². The number of amides is 2. The molecule has 1 aromatic heterocycles. The van der Waals surface area contributed by atoms with Crippen LogP contribution in [0.2, 0.25) is 0 Å². The maximum Gasteiger partial charge on any atom is 0.322 e. The fourth-order valence-corrected chi connectivity index (χ4v) is 3.27. The molecule has 4 rings (SSSR count). The first kappa shape index (κ1) is 20.4. The third-order valence-electron chi connectivity index (χ3n) is 4.94. The molecule has 1 fully saturated rings. The zero-order chi connectivity index (χ0) is 21.8. The van der Waals surface area contributed by atoms with Crippen molar-refractivity contribution in [3.63, 3.8) is 0 Å². The Morgan fingerprint density at radius 1 is 1.13 bits per heavy atom. The Bertz CT molecular complexity index is 1060. The number of carbonyl (C=O) groups is 2. The number of hydrogen-bond acceptors (Lipinski definition) is 7. The normalized spacial score (nSPS) is 15.7. The Morgan fingerprint density at radius 2 is 1.84 bits per heavy atom. The lowest BCUT2D eigenvalue weighted by Crippen LogP contribution is -2.24. The third-order valence-corrected chi connectivity index (χ3v) is 4.94. The van der Waals surface area contributed by atoms with Gasteiger partial charge in [0.1, 0.15) is 11.5 Å².